The van der Waals surface area contributed by atoms with Gasteiger partial charge in [-0.05, 0) is 19.1 Å². The number of rotatable bonds is 2. The minimum atomic E-state index is -0.387. The topological polar surface area (TPSA) is 52.6 Å². The molecule has 1 aromatic carbocycles. The van der Waals surface area contributed by atoms with Gasteiger partial charge in [0.15, 0.2) is 0 Å². The minimum Gasteiger partial charge on any atom is -0.497 e. The molecule has 0 N–H and O–H groups in total. The number of fused-ring (bicyclic) bond motifs is 1. The van der Waals surface area contributed by atoms with Crippen molar-refractivity contribution < 1.29 is 13.6 Å². The Morgan fingerprint density at radius 1 is 1.21 bits per heavy atom. The monoisotopic (exact) mass is 256 g/mol. The highest BCUT2D eigenvalue weighted by atomic mass is 16.5. The second-order valence-corrected chi connectivity index (χ2v) is 4.29. The maximum absolute atomic E-state index is 12.0. The summed E-state index contributed by atoms with van der Waals surface area (Å²) in [4.78, 5) is 12.0. The first-order chi connectivity index (χ1) is 9.19. The molecule has 0 bridgehead atoms. The first-order valence-electron chi connectivity index (χ1n) is 5.85. The van der Waals surface area contributed by atoms with Crippen LogP contribution in [0.1, 0.15) is 5.56 Å². The molecule has 0 spiro atoms. The molecule has 0 aliphatic heterocycles. The Kier molecular flexibility index (Phi) is 2.63. The fourth-order valence-corrected chi connectivity index (χ4v) is 2.05. The van der Waals surface area contributed by atoms with Crippen LogP contribution in [0.3, 0.4) is 0 Å². The first-order valence-corrected chi connectivity index (χ1v) is 5.85. The number of hydrogen-bond donors (Lipinski definition) is 0. The maximum Gasteiger partial charge on any atom is 0.347 e. The molecule has 4 heteroatoms. The van der Waals surface area contributed by atoms with Crippen LogP contribution in [0.15, 0.2) is 50.2 Å². The predicted octanol–water partition coefficient (Wildman–Crippen LogP) is 3.37. The van der Waals surface area contributed by atoms with E-state index in [1.54, 1.807) is 25.5 Å². The van der Waals surface area contributed by atoms with Gasteiger partial charge in [-0.2, -0.15) is 0 Å². The quantitative estimate of drug-likeness (QED) is 0.705. The Labute approximate surface area is 109 Å². The molecule has 0 saturated heterocycles. The molecule has 0 amide bonds. The lowest BCUT2D eigenvalue weighted by Gasteiger charge is -2.03. The zero-order valence-corrected chi connectivity index (χ0v) is 10.6. The van der Waals surface area contributed by atoms with Crippen LogP contribution in [0.4, 0.5) is 0 Å². The maximum atomic E-state index is 12.0. The first kappa shape index (κ1) is 11.6. The van der Waals surface area contributed by atoms with Gasteiger partial charge in [0.2, 0.25) is 0 Å². The Hall–Kier alpha value is -2.49. The number of furan rings is 1. The zero-order chi connectivity index (χ0) is 13.4. The molecule has 0 atom stereocenters. The van der Waals surface area contributed by atoms with Crippen LogP contribution < -0.4 is 10.4 Å². The molecule has 0 fully saturated rings. The largest absolute Gasteiger partial charge is 0.497 e. The third-order valence-electron chi connectivity index (χ3n) is 3.03. The van der Waals surface area contributed by atoms with Crippen LogP contribution in [0.5, 0.6) is 5.75 Å². The van der Waals surface area contributed by atoms with E-state index >= 15 is 0 Å². The standard InChI is InChI=1S/C15H12O4/c1-9-8-18-13-7-12(19-15(16)14(9)13)10-4-3-5-11(6-10)17-2/h3-8H,1-2H3. The third-order valence-corrected chi connectivity index (χ3v) is 3.03. The molecule has 2 aromatic heterocycles. The van der Waals surface area contributed by atoms with Crippen molar-refractivity contribution in [3.05, 3.63) is 52.6 Å². The summed E-state index contributed by atoms with van der Waals surface area (Å²) in [5, 5.41) is 0.492. The van der Waals surface area contributed by atoms with Crippen LogP contribution in [-0.2, 0) is 0 Å². The highest BCUT2D eigenvalue weighted by molar-refractivity contribution is 5.82. The molecule has 2 heterocycles. The van der Waals surface area contributed by atoms with Gasteiger partial charge in [0, 0.05) is 17.2 Å². The number of ether oxygens (including phenoxy) is 1. The van der Waals surface area contributed by atoms with E-state index in [9.17, 15) is 4.79 Å². The van der Waals surface area contributed by atoms with Gasteiger partial charge >= 0.3 is 5.63 Å². The fraction of sp³-hybridized carbons (Fsp3) is 0.133. The van der Waals surface area contributed by atoms with Crippen LogP contribution in [-0.4, -0.2) is 7.11 Å². The second-order valence-electron chi connectivity index (χ2n) is 4.29. The van der Waals surface area contributed by atoms with Gasteiger partial charge in [-0.15, -0.1) is 0 Å². The van der Waals surface area contributed by atoms with Gasteiger partial charge < -0.3 is 13.6 Å². The average molecular weight is 256 g/mol. The summed E-state index contributed by atoms with van der Waals surface area (Å²) in [6.07, 6.45) is 1.55. The minimum absolute atomic E-state index is 0.387. The van der Waals surface area contributed by atoms with Crippen molar-refractivity contribution in [2.45, 2.75) is 6.92 Å². The molecule has 3 rings (SSSR count). The molecular weight excluding hydrogens is 244 g/mol. The van der Waals surface area contributed by atoms with E-state index in [-0.39, 0.29) is 5.63 Å². The summed E-state index contributed by atoms with van der Waals surface area (Å²) in [5.41, 5.74) is 1.70. The van der Waals surface area contributed by atoms with E-state index in [0.717, 1.165) is 11.1 Å². The van der Waals surface area contributed by atoms with Gasteiger partial charge in [0.25, 0.3) is 0 Å². The van der Waals surface area contributed by atoms with Gasteiger partial charge in [-0.1, -0.05) is 12.1 Å². The van der Waals surface area contributed by atoms with Crippen molar-refractivity contribution >= 4 is 11.0 Å². The summed E-state index contributed by atoms with van der Waals surface area (Å²) in [5.74, 6) is 1.17. The van der Waals surface area contributed by atoms with E-state index in [1.807, 2.05) is 25.1 Å². The fourth-order valence-electron chi connectivity index (χ4n) is 2.05. The Balaban J connectivity index is 2.22. The Morgan fingerprint density at radius 2 is 2.05 bits per heavy atom. The van der Waals surface area contributed by atoms with Crippen LogP contribution in [0, 0.1) is 6.92 Å². The van der Waals surface area contributed by atoms with E-state index in [1.165, 1.54) is 0 Å². The highest BCUT2D eigenvalue weighted by Gasteiger charge is 2.12. The van der Waals surface area contributed by atoms with E-state index in [4.69, 9.17) is 13.6 Å². The lowest BCUT2D eigenvalue weighted by Crippen LogP contribution is -1.99. The Morgan fingerprint density at radius 3 is 2.84 bits per heavy atom. The van der Waals surface area contributed by atoms with Crippen LogP contribution in [0.25, 0.3) is 22.3 Å². The molecular formula is C15H12O4. The zero-order valence-electron chi connectivity index (χ0n) is 10.6. The average Bonchev–Trinajstić information content (AvgIpc) is 2.81. The number of aryl methyl sites for hydroxylation is 1. The molecule has 0 aliphatic carbocycles. The molecule has 96 valence electrons. The lowest BCUT2D eigenvalue weighted by atomic mass is 10.1. The van der Waals surface area contributed by atoms with E-state index in [0.29, 0.717) is 22.5 Å². The smallest absolute Gasteiger partial charge is 0.347 e. The summed E-state index contributed by atoms with van der Waals surface area (Å²) >= 11 is 0. The van der Waals surface area contributed by atoms with Crippen molar-refractivity contribution in [2.75, 3.05) is 7.11 Å². The van der Waals surface area contributed by atoms with Gasteiger partial charge in [-0.3, -0.25) is 0 Å². The Bertz CT molecular complexity index is 795. The summed E-state index contributed by atoms with van der Waals surface area (Å²) in [7, 11) is 1.59. The molecule has 0 saturated carbocycles. The summed E-state index contributed by atoms with van der Waals surface area (Å²) in [6, 6.07) is 9.05. The SMILES string of the molecule is COc1cccc(-c2cc3occ(C)c3c(=O)o2)c1. The van der Waals surface area contributed by atoms with Crippen LogP contribution in [0.2, 0.25) is 0 Å². The second kappa shape index (κ2) is 4.31. The van der Waals surface area contributed by atoms with Gasteiger partial charge in [0.05, 0.1) is 13.4 Å². The van der Waals surface area contributed by atoms with Crippen LogP contribution >= 0.6 is 0 Å². The summed E-state index contributed by atoms with van der Waals surface area (Å²) in [6.45, 7) is 1.81. The lowest BCUT2D eigenvalue weighted by molar-refractivity contribution is 0.414. The van der Waals surface area contributed by atoms with Crippen molar-refractivity contribution in [3.8, 4) is 17.1 Å². The molecule has 0 unspecified atom stereocenters. The van der Waals surface area contributed by atoms with Crippen molar-refractivity contribution in [2.24, 2.45) is 0 Å². The molecule has 0 radical (unpaired) electrons. The molecule has 0 aliphatic rings. The van der Waals surface area contributed by atoms with Crippen molar-refractivity contribution in [1.29, 1.82) is 0 Å². The molecule has 4 nitrogen and oxygen atoms in total. The van der Waals surface area contributed by atoms with Gasteiger partial charge in [0.1, 0.15) is 22.5 Å². The number of hydrogen-bond acceptors (Lipinski definition) is 4. The number of methoxy groups -OCH3 is 1. The highest BCUT2D eigenvalue weighted by Crippen LogP contribution is 2.26. The number of benzene rings is 1. The third kappa shape index (κ3) is 1.91. The van der Waals surface area contributed by atoms with Crippen molar-refractivity contribution in [3.63, 3.8) is 0 Å². The van der Waals surface area contributed by atoms with Crippen molar-refractivity contribution in [1.82, 2.24) is 0 Å². The predicted molar refractivity (Wildman–Crippen MR) is 71.5 cm³/mol. The molecule has 19 heavy (non-hydrogen) atoms. The van der Waals surface area contributed by atoms with Gasteiger partial charge in [-0.25, -0.2) is 4.79 Å². The van der Waals surface area contributed by atoms with E-state index < -0.39 is 0 Å². The normalized spacial score (nSPS) is 10.8. The summed E-state index contributed by atoms with van der Waals surface area (Å²) < 4.78 is 15.9. The molecule has 3 aromatic rings. The van der Waals surface area contributed by atoms with E-state index in [2.05, 4.69) is 0 Å².